The molecule has 3 rings (SSSR count). The van der Waals surface area contributed by atoms with Gasteiger partial charge >= 0.3 is 0 Å². The normalized spacial score (nSPS) is 13.7. The van der Waals surface area contributed by atoms with E-state index < -0.39 is 0 Å². The van der Waals surface area contributed by atoms with Gasteiger partial charge in [0.1, 0.15) is 0 Å². The van der Waals surface area contributed by atoms with Gasteiger partial charge in [-0.1, -0.05) is 30.3 Å². The number of benzene rings is 1. The van der Waals surface area contributed by atoms with Gasteiger partial charge < -0.3 is 10.6 Å². The molecule has 1 aliphatic carbocycles. The second-order valence-corrected chi connectivity index (χ2v) is 7.29. The van der Waals surface area contributed by atoms with Gasteiger partial charge in [0.05, 0.1) is 10.7 Å². The molecule has 6 heteroatoms. The van der Waals surface area contributed by atoms with Gasteiger partial charge in [-0.3, -0.25) is 4.99 Å². The second kappa shape index (κ2) is 10.8. The topological polar surface area (TPSA) is 49.3 Å². The van der Waals surface area contributed by atoms with Crippen LogP contribution in [-0.4, -0.2) is 24.5 Å². The van der Waals surface area contributed by atoms with E-state index in [1.54, 1.807) is 0 Å². The van der Waals surface area contributed by atoms with E-state index in [0.717, 1.165) is 31.9 Å². The molecule has 1 aliphatic rings. The van der Waals surface area contributed by atoms with Crippen LogP contribution >= 0.6 is 35.3 Å². The Kier molecular flexibility index (Phi) is 8.67. The van der Waals surface area contributed by atoms with Gasteiger partial charge in [0.2, 0.25) is 0 Å². The highest BCUT2D eigenvalue weighted by atomic mass is 127. The van der Waals surface area contributed by atoms with Crippen LogP contribution in [0.3, 0.4) is 0 Å². The van der Waals surface area contributed by atoms with E-state index in [2.05, 4.69) is 39.9 Å². The summed E-state index contributed by atoms with van der Waals surface area (Å²) < 4.78 is 0. The summed E-state index contributed by atoms with van der Waals surface area (Å²) in [6.45, 7) is 1.71. The predicted octanol–water partition coefficient (Wildman–Crippen LogP) is 3.94. The van der Waals surface area contributed by atoms with E-state index in [4.69, 9.17) is 4.98 Å². The van der Waals surface area contributed by atoms with Crippen LogP contribution in [0.1, 0.15) is 40.4 Å². The van der Waals surface area contributed by atoms with Crippen molar-refractivity contribution in [3.05, 3.63) is 51.5 Å². The minimum Gasteiger partial charge on any atom is -0.356 e. The number of nitrogens with one attached hydrogen (secondary N) is 2. The number of hydrogen-bond acceptors (Lipinski definition) is 3. The van der Waals surface area contributed by atoms with Gasteiger partial charge in [-0.15, -0.1) is 35.3 Å². The van der Waals surface area contributed by atoms with Crippen LogP contribution in [-0.2, 0) is 25.8 Å². The molecule has 136 valence electrons. The Morgan fingerprint density at radius 1 is 1.16 bits per heavy atom. The van der Waals surface area contributed by atoms with Gasteiger partial charge in [-0.2, -0.15) is 0 Å². The van der Waals surface area contributed by atoms with Crippen molar-refractivity contribution in [2.75, 3.05) is 13.6 Å². The van der Waals surface area contributed by atoms with Gasteiger partial charge in [0.15, 0.2) is 5.96 Å². The number of hydrogen-bond donors (Lipinski definition) is 2. The van der Waals surface area contributed by atoms with Crippen LogP contribution in [0.4, 0.5) is 0 Å². The average molecular weight is 470 g/mol. The Balaban J connectivity index is 0.00000225. The van der Waals surface area contributed by atoms with Crippen molar-refractivity contribution in [2.24, 2.45) is 4.99 Å². The van der Waals surface area contributed by atoms with Crippen molar-refractivity contribution in [1.29, 1.82) is 0 Å². The van der Waals surface area contributed by atoms with Gasteiger partial charge in [-0.25, -0.2) is 4.98 Å². The lowest BCUT2D eigenvalue weighted by molar-refractivity contribution is 0.678. The minimum absolute atomic E-state index is 0. The van der Waals surface area contributed by atoms with Crippen LogP contribution in [0, 0.1) is 0 Å². The van der Waals surface area contributed by atoms with Crippen LogP contribution in [0.2, 0.25) is 0 Å². The first-order chi connectivity index (χ1) is 11.8. The van der Waals surface area contributed by atoms with Crippen LogP contribution in [0.5, 0.6) is 0 Å². The third kappa shape index (κ3) is 6.26. The molecule has 0 amide bonds. The lowest BCUT2D eigenvalue weighted by Gasteiger charge is -2.11. The smallest absolute Gasteiger partial charge is 0.191 e. The van der Waals surface area contributed by atoms with Gasteiger partial charge in [0, 0.05) is 31.4 Å². The molecule has 1 aromatic carbocycles. The molecule has 0 bridgehead atoms. The fourth-order valence-corrected chi connectivity index (χ4v) is 4.16. The molecule has 0 saturated carbocycles. The third-order valence-corrected chi connectivity index (χ3v) is 5.49. The Hall–Kier alpha value is -1.15. The second-order valence-electron chi connectivity index (χ2n) is 6.13. The average Bonchev–Trinajstić information content (AvgIpc) is 3.05. The molecular weight excluding hydrogens is 443 g/mol. The Bertz CT molecular complexity index is 646. The molecule has 0 saturated heterocycles. The summed E-state index contributed by atoms with van der Waals surface area (Å²) in [5.74, 6) is 0.859. The molecule has 2 aromatic rings. The SMILES string of the molecule is CN=C(NCCCc1nc2c(s1)CCCC2)NCc1ccccc1.I. The van der Waals surface area contributed by atoms with Crippen molar-refractivity contribution < 1.29 is 0 Å². The third-order valence-electron chi connectivity index (χ3n) is 4.28. The standard InChI is InChI=1S/C19H26N4S.HI/c1-20-19(22-14-15-8-3-2-4-9-15)21-13-7-12-18-23-16-10-5-6-11-17(16)24-18;/h2-4,8-9H,5-7,10-14H2,1H3,(H2,20,21,22);1H. The highest BCUT2D eigenvalue weighted by molar-refractivity contribution is 14.0. The summed E-state index contributed by atoms with van der Waals surface area (Å²) in [5, 5.41) is 8.04. The molecular formula is C19H27IN4S. The first kappa shape index (κ1) is 20.2. The predicted molar refractivity (Wildman–Crippen MR) is 117 cm³/mol. The number of aliphatic imine (C=N–C) groups is 1. The number of fused-ring (bicyclic) bond motifs is 1. The Labute approximate surface area is 171 Å². The van der Waals surface area contributed by atoms with E-state index in [1.807, 2.05) is 24.5 Å². The van der Waals surface area contributed by atoms with E-state index in [1.165, 1.54) is 46.8 Å². The molecule has 0 fully saturated rings. The summed E-state index contributed by atoms with van der Waals surface area (Å²) >= 11 is 1.92. The molecule has 25 heavy (non-hydrogen) atoms. The number of aryl methyl sites for hydroxylation is 3. The van der Waals surface area contributed by atoms with E-state index in [9.17, 15) is 0 Å². The fraction of sp³-hybridized carbons (Fsp3) is 0.474. The molecule has 2 N–H and O–H groups in total. The molecule has 1 aromatic heterocycles. The Morgan fingerprint density at radius 2 is 1.96 bits per heavy atom. The summed E-state index contributed by atoms with van der Waals surface area (Å²) in [5.41, 5.74) is 2.63. The zero-order valence-electron chi connectivity index (χ0n) is 14.8. The van der Waals surface area contributed by atoms with Crippen molar-refractivity contribution in [3.63, 3.8) is 0 Å². The van der Waals surface area contributed by atoms with Crippen molar-refractivity contribution >= 4 is 41.3 Å². The van der Waals surface area contributed by atoms with Crippen molar-refractivity contribution in [2.45, 2.75) is 45.1 Å². The number of thiazole rings is 1. The number of nitrogens with zero attached hydrogens (tertiary/aromatic N) is 2. The first-order valence-electron chi connectivity index (χ1n) is 8.81. The maximum Gasteiger partial charge on any atom is 0.191 e. The number of aromatic nitrogens is 1. The monoisotopic (exact) mass is 470 g/mol. The molecule has 0 spiro atoms. The first-order valence-corrected chi connectivity index (χ1v) is 9.62. The fourth-order valence-electron chi connectivity index (χ4n) is 2.96. The van der Waals surface area contributed by atoms with Gasteiger partial charge in [-0.05, 0) is 37.7 Å². The molecule has 1 heterocycles. The lowest BCUT2D eigenvalue weighted by atomic mass is 10.0. The molecule has 0 atom stereocenters. The summed E-state index contributed by atoms with van der Waals surface area (Å²) in [4.78, 5) is 10.6. The Morgan fingerprint density at radius 3 is 2.72 bits per heavy atom. The maximum atomic E-state index is 4.81. The summed E-state index contributed by atoms with van der Waals surface area (Å²) in [6, 6.07) is 10.4. The molecule has 4 nitrogen and oxygen atoms in total. The zero-order valence-corrected chi connectivity index (χ0v) is 17.9. The highest BCUT2D eigenvalue weighted by Crippen LogP contribution is 2.27. The largest absolute Gasteiger partial charge is 0.356 e. The van der Waals surface area contributed by atoms with E-state index in [0.29, 0.717) is 0 Å². The van der Waals surface area contributed by atoms with Crippen LogP contribution in [0.15, 0.2) is 35.3 Å². The molecule has 0 aliphatic heterocycles. The number of rotatable bonds is 6. The van der Waals surface area contributed by atoms with Crippen LogP contribution < -0.4 is 10.6 Å². The van der Waals surface area contributed by atoms with E-state index in [-0.39, 0.29) is 24.0 Å². The van der Waals surface area contributed by atoms with Crippen molar-refractivity contribution in [1.82, 2.24) is 15.6 Å². The highest BCUT2D eigenvalue weighted by Gasteiger charge is 2.14. The van der Waals surface area contributed by atoms with E-state index >= 15 is 0 Å². The van der Waals surface area contributed by atoms with Gasteiger partial charge in [0.25, 0.3) is 0 Å². The lowest BCUT2D eigenvalue weighted by Crippen LogP contribution is -2.37. The molecule has 0 radical (unpaired) electrons. The quantitative estimate of drug-likeness (QED) is 0.291. The zero-order chi connectivity index (χ0) is 16.6. The number of guanidine groups is 1. The number of halogens is 1. The summed E-state index contributed by atoms with van der Waals surface area (Å²) in [7, 11) is 1.81. The summed E-state index contributed by atoms with van der Waals surface area (Å²) in [6.07, 6.45) is 7.20. The minimum atomic E-state index is 0. The van der Waals surface area contributed by atoms with Crippen LogP contribution in [0.25, 0.3) is 0 Å². The van der Waals surface area contributed by atoms with Crippen molar-refractivity contribution in [3.8, 4) is 0 Å². The maximum absolute atomic E-state index is 4.81. The molecule has 0 unspecified atom stereocenters.